The van der Waals surface area contributed by atoms with Gasteiger partial charge < -0.3 is 30.2 Å². The fraction of sp³-hybridized carbons (Fsp3) is 0.469. The second-order valence-corrected chi connectivity index (χ2v) is 11.7. The Labute approximate surface area is 263 Å². The Morgan fingerprint density at radius 2 is 1.36 bits per heavy atom. The van der Waals surface area contributed by atoms with E-state index in [1.165, 1.54) is 11.8 Å². The lowest BCUT2D eigenvalue weighted by Crippen LogP contribution is -2.51. The van der Waals surface area contributed by atoms with E-state index in [9.17, 15) is 24.0 Å². The highest BCUT2D eigenvalue weighted by Gasteiger charge is 2.30. The average Bonchev–Trinajstić information content (AvgIpc) is 2.97. The van der Waals surface area contributed by atoms with E-state index in [0.717, 1.165) is 5.56 Å². The number of thioether (sulfide) groups is 1. The van der Waals surface area contributed by atoms with E-state index in [1.807, 2.05) is 30.3 Å². The molecule has 0 saturated heterocycles. The Hall–Kier alpha value is -4.06. The van der Waals surface area contributed by atoms with Crippen LogP contribution in [-0.4, -0.2) is 66.5 Å². The van der Waals surface area contributed by atoms with E-state index in [-0.39, 0.29) is 31.8 Å². The summed E-state index contributed by atoms with van der Waals surface area (Å²) in [6.07, 6.45) is -1.12. The van der Waals surface area contributed by atoms with Crippen LogP contribution in [0.2, 0.25) is 0 Å². The third-order valence-electron chi connectivity index (χ3n) is 5.91. The maximum atomic E-state index is 13.5. The summed E-state index contributed by atoms with van der Waals surface area (Å²) in [5.41, 5.74) is 0.786. The predicted molar refractivity (Wildman–Crippen MR) is 168 cm³/mol. The number of hydrogen-bond donors (Lipinski definition) is 3. The van der Waals surface area contributed by atoms with E-state index in [4.69, 9.17) is 14.2 Å². The average molecular weight is 630 g/mol. The summed E-state index contributed by atoms with van der Waals surface area (Å²) < 4.78 is 15.5. The molecule has 0 unspecified atom stereocenters. The Morgan fingerprint density at radius 1 is 0.773 bits per heavy atom. The molecule has 3 N–H and O–H groups in total. The van der Waals surface area contributed by atoms with Crippen LogP contribution in [0.1, 0.15) is 64.6 Å². The first-order valence-corrected chi connectivity index (χ1v) is 15.7. The lowest BCUT2D eigenvalue weighted by Gasteiger charge is -2.24. The number of alkyl carbamates (subject to hydrolysis) is 1. The number of esters is 2. The molecule has 11 nitrogen and oxygen atoms in total. The van der Waals surface area contributed by atoms with Crippen molar-refractivity contribution in [3.63, 3.8) is 0 Å². The van der Waals surface area contributed by atoms with Gasteiger partial charge in [-0.2, -0.15) is 11.8 Å². The van der Waals surface area contributed by atoms with Crippen molar-refractivity contribution in [2.45, 2.75) is 76.9 Å². The minimum atomic E-state index is -1.14. The summed E-state index contributed by atoms with van der Waals surface area (Å²) in [7, 11) is 0. The number of rotatable bonds is 16. The highest BCUT2D eigenvalue weighted by molar-refractivity contribution is 7.98. The fourth-order valence-corrected chi connectivity index (χ4v) is 4.94. The molecule has 2 rings (SSSR count). The summed E-state index contributed by atoms with van der Waals surface area (Å²) in [5.74, 6) is -1.65. The number of benzene rings is 2. The van der Waals surface area contributed by atoms with Gasteiger partial charge in [-0.1, -0.05) is 60.7 Å². The van der Waals surface area contributed by atoms with E-state index >= 15 is 0 Å². The van der Waals surface area contributed by atoms with Gasteiger partial charge in [-0.15, -0.1) is 0 Å². The first-order chi connectivity index (χ1) is 20.9. The molecule has 0 saturated carbocycles. The molecule has 0 aliphatic carbocycles. The van der Waals surface area contributed by atoms with Crippen LogP contribution >= 0.6 is 11.8 Å². The SMILES string of the molecule is CCOC(=O)[C@H](CCC(=O)N[C@@H](CSCc1ccccc1)C(=O)N[C@@H](C(=O)OCC)c1ccccc1)NC(=O)OC(C)(C)C. The van der Waals surface area contributed by atoms with Crippen molar-refractivity contribution >= 4 is 41.6 Å². The number of ether oxygens (including phenoxy) is 3. The molecule has 0 radical (unpaired) electrons. The quantitative estimate of drug-likeness (QED) is 0.185. The highest BCUT2D eigenvalue weighted by Crippen LogP contribution is 2.17. The molecule has 0 heterocycles. The van der Waals surface area contributed by atoms with Crippen molar-refractivity contribution in [3.8, 4) is 0 Å². The van der Waals surface area contributed by atoms with Crippen LogP contribution < -0.4 is 16.0 Å². The van der Waals surface area contributed by atoms with Crippen LogP contribution in [-0.2, 0) is 39.1 Å². The monoisotopic (exact) mass is 629 g/mol. The molecular formula is C32H43N3O8S. The molecule has 0 spiro atoms. The Morgan fingerprint density at radius 3 is 1.95 bits per heavy atom. The molecule has 240 valence electrons. The Bertz CT molecular complexity index is 1220. The van der Waals surface area contributed by atoms with E-state index < -0.39 is 53.6 Å². The number of hydrogen-bond acceptors (Lipinski definition) is 9. The minimum Gasteiger partial charge on any atom is -0.464 e. The molecule has 44 heavy (non-hydrogen) atoms. The lowest BCUT2D eigenvalue weighted by molar-refractivity contribution is -0.148. The van der Waals surface area contributed by atoms with Crippen molar-refractivity contribution in [1.29, 1.82) is 0 Å². The third-order valence-corrected chi connectivity index (χ3v) is 7.02. The first kappa shape index (κ1) is 36.1. The van der Waals surface area contributed by atoms with E-state index in [1.54, 1.807) is 65.0 Å². The second-order valence-electron chi connectivity index (χ2n) is 10.7. The summed E-state index contributed by atoms with van der Waals surface area (Å²) in [4.78, 5) is 64.2. The van der Waals surface area contributed by atoms with Crippen LogP contribution in [0.25, 0.3) is 0 Å². The number of carbonyl (C=O) groups is 5. The normalized spacial score (nSPS) is 13.0. The van der Waals surface area contributed by atoms with Gasteiger partial charge in [0.05, 0.1) is 13.2 Å². The zero-order valence-corrected chi connectivity index (χ0v) is 26.7. The minimum absolute atomic E-state index is 0.0848. The molecule has 2 aromatic carbocycles. The lowest BCUT2D eigenvalue weighted by atomic mass is 10.1. The topological polar surface area (TPSA) is 149 Å². The standard InChI is InChI=1S/C32H43N3O8S/c1-6-41-29(38)24(34-31(40)43-32(3,4)5)18-19-26(36)33-25(21-44-20-22-14-10-8-11-15-22)28(37)35-27(30(39)42-7-2)23-16-12-9-13-17-23/h8-17,24-25,27H,6-7,18-21H2,1-5H3,(H,33,36)(H,34,40)(H,35,37)/t24-,25-,27+/m0/s1. The molecule has 0 fully saturated rings. The van der Waals surface area contributed by atoms with E-state index in [2.05, 4.69) is 16.0 Å². The van der Waals surface area contributed by atoms with Gasteiger partial charge in [0.1, 0.15) is 17.7 Å². The molecular weight excluding hydrogens is 586 g/mol. The van der Waals surface area contributed by atoms with E-state index in [0.29, 0.717) is 11.3 Å². The highest BCUT2D eigenvalue weighted by atomic mass is 32.2. The van der Waals surface area contributed by atoms with Gasteiger partial charge in [-0.25, -0.2) is 14.4 Å². The van der Waals surface area contributed by atoms with Crippen LogP contribution in [0.5, 0.6) is 0 Å². The molecule has 0 bridgehead atoms. The fourth-order valence-electron chi connectivity index (χ4n) is 3.93. The molecule has 3 amide bonds. The number of amides is 3. The Balaban J connectivity index is 2.16. The molecule has 0 aliphatic rings. The predicted octanol–water partition coefficient (Wildman–Crippen LogP) is 4.06. The summed E-state index contributed by atoms with van der Waals surface area (Å²) >= 11 is 1.44. The second kappa shape index (κ2) is 18.6. The molecule has 3 atom stereocenters. The largest absolute Gasteiger partial charge is 0.464 e. The van der Waals surface area contributed by atoms with Crippen LogP contribution in [0.4, 0.5) is 4.79 Å². The summed E-state index contributed by atoms with van der Waals surface area (Å²) in [6, 6.07) is 15.1. The maximum Gasteiger partial charge on any atom is 0.408 e. The van der Waals surface area contributed by atoms with Gasteiger partial charge in [0.25, 0.3) is 0 Å². The Kier molecular flexibility index (Phi) is 15.2. The van der Waals surface area contributed by atoms with Gasteiger partial charge in [0, 0.05) is 17.9 Å². The van der Waals surface area contributed by atoms with Crippen LogP contribution in [0.15, 0.2) is 60.7 Å². The van der Waals surface area contributed by atoms with Crippen molar-refractivity contribution in [2.75, 3.05) is 19.0 Å². The van der Waals surface area contributed by atoms with Gasteiger partial charge in [-0.05, 0) is 52.2 Å². The molecule has 0 aromatic heterocycles. The van der Waals surface area contributed by atoms with Crippen molar-refractivity contribution < 1.29 is 38.2 Å². The van der Waals surface area contributed by atoms with Gasteiger partial charge in [0.15, 0.2) is 6.04 Å². The van der Waals surface area contributed by atoms with Crippen LogP contribution in [0, 0.1) is 0 Å². The summed E-state index contributed by atoms with van der Waals surface area (Å²) in [5, 5.41) is 7.92. The van der Waals surface area contributed by atoms with Crippen molar-refractivity contribution in [1.82, 2.24) is 16.0 Å². The number of nitrogens with one attached hydrogen (secondary N) is 3. The summed E-state index contributed by atoms with van der Waals surface area (Å²) in [6.45, 7) is 8.57. The molecule has 0 aliphatic heterocycles. The van der Waals surface area contributed by atoms with Gasteiger partial charge >= 0.3 is 18.0 Å². The smallest absolute Gasteiger partial charge is 0.408 e. The van der Waals surface area contributed by atoms with Gasteiger partial charge in [0.2, 0.25) is 11.8 Å². The van der Waals surface area contributed by atoms with Crippen molar-refractivity contribution in [3.05, 3.63) is 71.8 Å². The molecule has 2 aromatic rings. The zero-order valence-electron chi connectivity index (χ0n) is 25.9. The first-order valence-electron chi connectivity index (χ1n) is 14.5. The third kappa shape index (κ3) is 13.5. The maximum absolute atomic E-state index is 13.5. The van der Waals surface area contributed by atoms with Crippen LogP contribution in [0.3, 0.4) is 0 Å². The van der Waals surface area contributed by atoms with Crippen molar-refractivity contribution in [2.24, 2.45) is 0 Å². The number of carbonyl (C=O) groups excluding carboxylic acids is 5. The zero-order chi connectivity index (χ0) is 32.5. The molecule has 12 heteroatoms. The van der Waals surface area contributed by atoms with Gasteiger partial charge in [-0.3, -0.25) is 9.59 Å².